The van der Waals surface area contributed by atoms with Gasteiger partial charge in [-0.05, 0) is 36.6 Å². The first-order valence-corrected chi connectivity index (χ1v) is 11.0. The number of pyridine rings is 1. The molecule has 1 aliphatic rings. The average molecular weight is 436 g/mol. The number of methoxy groups -OCH3 is 1. The lowest BCUT2D eigenvalue weighted by Gasteiger charge is -2.20. The van der Waals surface area contributed by atoms with Gasteiger partial charge in [-0.25, -0.2) is 13.6 Å². The standard InChI is InChI=1S/C20H26FN5O3S/c1-3-6-30(28)25-17-9-12(8-16(21)18(17)29-2)13-7-15(19(22)24-10-13)20(23)26-5-4-14(27)11-26/h7-10,14,23,25,27H,3-6,11H2,1-2H3,(H2,22,24). The molecule has 0 radical (unpaired) electrons. The summed E-state index contributed by atoms with van der Waals surface area (Å²) in [6.07, 6.45) is 2.32. The van der Waals surface area contributed by atoms with E-state index >= 15 is 0 Å². The van der Waals surface area contributed by atoms with Crippen LogP contribution in [0.4, 0.5) is 15.9 Å². The molecule has 0 bridgehead atoms. The fourth-order valence-electron chi connectivity index (χ4n) is 3.34. The van der Waals surface area contributed by atoms with Gasteiger partial charge in [-0.1, -0.05) is 6.92 Å². The highest BCUT2D eigenvalue weighted by Gasteiger charge is 2.25. The molecule has 0 spiro atoms. The molecule has 3 rings (SSSR count). The SMILES string of the molecule is CCCS(=O)Nc1cc(-c2cnc(N)c(C(=N)N3CCC(O)C3)c2)cc(F)c1OC. The third-order valence-electron chi connectivity index (χ3n) is 4.85. The predicted octanol–water partition coefficient (Wildman–Crippen LogP) is 2.36. The van der Waals surface area contributed by atoms with Gasteiger partial charge in [-0.3, -0.25) is 5.41 Å². The van der Waals surface area contributed by atoms with E-state index in [1.54, 1.807) is 17.0 Å². The molecule has 1 aromatic heterocycles. The zero-order valence-corrected chi connectivity index (χ0v) is 17.8. The summed E-state index contributed by atoms with van der Waals surface area (Å²) >= 11 is 0. The van der Waals surface area contributed by atoms with Crippen LogP contribution in [0.25, 0.3) is 11.1 Å². The number of aliphatic hydroxyl groups excluding tert-OH is 1. The molecule has 0 saturated carbocycles. The summed E-state index contributed by atoms with van der Waals surface area (Å²) in [5, 5.41) is 18.2. The van der Waals surface area contributed by atoms with Crippen molar-refractivity contribution in [2.75, 3.05) is 36.4 Å². The van der Waals surface area contributed by atoms with E-state index in [0.717, 1.165) is 0 Å². The van der Waals surface area contributed by atoms with E-state index in [1.807, 2.05) is 6.92 Å². The van der Waals surface area contributed by atoms with E-state index in [1.165, 1.54) is 19.4 Å². The Kier molecular flexibility index (Phi) is 6.88. The van der Waals surface area contributed by atoms with Crippen molar-refractivity contribution in [3.63, 3.8) is 0 Å². The number of rotatable bonds is 7. The van der Waals surface area contributed by atoms with Crippen molar-refractivity contribution in [2.45, 2.75) is 25.9 Å². The minimum absolute atomic E-state index is 0.0226. The third-order valence-corrected chi connectivity index (χ3v) is 6.07. The van der Waals surface area contributed by atoms with Crippen LogP contribution in [-0.2, 0) is 11.0 Å². The van der Waals surface area contributed by atoms with E-state index in [0.29, 0.717) is 48.4 Å². The first-order chi connectivity index (χ1) is 14.3. The summed E-state index contributed by atoms with van der Waals surface area (Å²) in [6.45, 7) is 2.82. The number of halogens is 1. The summed E-state index contributed by atoms with van der Waals surface area (Å²) in [5.41, 5.74) is 7.70. The van der Waals surface area contributed by atoms with Crippen molar-refractivity contribution >= 4 is 28.3 Å². The van der Waals surface area contributed by atoms with Crippen molar-refractivity contribution < 1.29 is 18.4 Å². The monoisotopic (exact) mass is 435 g/mol. The van der Waals surface area contributed by atoms with Crippen molar-refractivity contribution in [2.24, 2.45) is 0 Å². The molecule has 2 heterocycles. The number of aromatic nitrogens is 1. The van der Waals surface area contributed by atoms with E-state index in [4.69, 9.17) is 15.9 Å². The van der Waals surface area contributed by atoms with Crippen LogP contribution < -0.4 is 15.2 Å². The highest BCUT2D eigenvalue weighted by Crippen LogP contribution is 2.34. The number of nitrogen functional groups attached to an aromatic ring is 1. The van der Waals surface area contributed by atoms with E-state index in [9.17, 15) is 13.7 Å². The Bertz CT molecular complexity index is 972. The van der Waals surface area contributed by atoms with Gasteiger partial charge in [-0.15, -0.1) is 0 Å². The molecule has 30 heavy (non-hydrogen) atoms. The second-order valence-electron chi connectivity index (χ2n) is 7.08. The van der Waals surface area contributed by atoms with Crippen LogP contribution in [0.3, 0.4) is 0 Å². The van der Waals surface area contributed by atoms with Crippen LogP contribution in [0.15, 0.2) is 24.4 Å². The number of nitrogens with zero attached hydrogens (tertiary/aromatic N) is 2. The Balaban J connectivity index is 1.98. The molecule has 0 aliphatic carbocycles. The number of hydrogen-bond acceptors (Lipinski definition) is 6. The zero-order valence-electron chi connectivity index (χ0n) is 16.9. The summed E-state index contributed by atoms with van der Waals surface area (Å²) in [4.78, 5) is 5.91. The molecular weight excluding hydrogens is 409 g/mol. The molecule has 8 nitrogen and oxygen atoms in total. The number of β-amino-alcohol motifs (C(OH)–C–C–N with tert-alkyl or cyclic N) is 1. The molecule has 2 aromatic rings. The smallest absolute Gasteiger partial charge is 0.178 e. The second-order valence-corrected chi connectivity index (χ2v) is 8.39. The maximum atomic E-state index is 14.7. The van der Waals surface area contributed by atoms with Gasteiger partial charge in [0.15, 0.2) is 11.6 Å². The number of ether oxygens (including phenoxy) is 1. The van der Waals surface area contributed by atoms with Crippen molar-refractivity contribution in [1.82, 2.24) is 9.88 Å². The van der Waals surface area contributed by atoms with Gasteiger partial charge in [0.25, 0.3) is 0 Å². The number of nitrogens with two attached hydrogens (primary N) is 1. The summed E-state index contributed by atoms with van der Waals surface area (Å²) in [5.74, 6) is 0.130. The Morgan fingerprint density at radius 1 is 1.47 bits per heavy atom. The van der Waals surface area contributed by atoms with Gasteiger partial charge in [0.1, 0.15) is 22.6 Å². The van der Waals surface area contributed by atoms with Crippen LogP contribution >= 0.6 is 0 Å². The quantitative estimate of drug-likeness (QED) is 0.391. The average Bonchev–Trinajstić information content (AvgIpc) is 3.14. The highest BCUT2D eigenvalue weighted by molar-refractivity contribution is 7.86. The number of hydrogen-bond donors (Lipinski definition) is 4. The Morgan fingerprint density at radius 3 is 2.87 bits per heavy atom. The number of likely N-dealkylation sites (tertiary alicyclic amines) is 1. The summed E-state index contributed by atoms with van der Waals surface area (Å²) in [7, 11) is -0.0253. The number of benzene rings is 1. The summed E-state index contributed by atoms with van der Waals surface area (Å²) in [6, 6.07) is 4.60. The normalized spacial score (nSPS) is 17.1. The van der Waals surface area contributed by atoms with E-state index in [2.05, 4.69) is 9.71 Å². The van der Waals surface area contributed by atoms with Crippen molar-refractivity contribution in [3.8, 4) is 16.9 Å². The van der Waals surface area contributed by atoms with Gasteiger partial charge in [0, 0.05) is 30.6 Å². The first-order valence-electron chi connectivity index (χ1n) is 9.64. The van der Waals surface area contributed by atoms with Crippen LogP contribution in [0.5, 0.6) is 5.75 Å². The predicted molar refractivity (Wildman–Crippen MR) is 117 cm³/mol. The minimum atomic E-state index is -1.37. The molecule has 5 N–H and O–H groups in total. The molecule has 162 valence electrons. The molecule has 2 atom stereocenters. The number of anilines is 2. The largest absolute Gasteiger partial charge is 0.492 e. The zero-order chi connectivity index (χ0) is 21.8. The highest BCUT2D eigenvalue weighted by atomic mass is 32.2. The fraction of sp³-hybridized carbons (Fsp3) is 0.400. The van der Waals surface area contributed by atoms with E-state index in [-0.39, 0.29) is 23.1 Å². The van der Waals surface area contributed by atoms with Crippen molar-refractivity contribution in [1.29, 1.82) is 5.41 Å². The third kappa shape index (κ3) is 4.71. The van der Waals surface area contributed by atoms with E-state index < -0.39 is 22.9 Å². The van der Waals surface area contributed by atoms with Crippen LogP contribution in [0, 0.1) is 11.2 Å². The molecule has 0 amide bonds. The topological polar surface area (TPSA) is 125 Å². The molecular formula is C20H26FN5O3S. The fourth-order valence-corrected chi connectivity index (χ4v) is 4.21. The number of nitrogens with one attached hydrogen (secondary N) is 2. The van der Waals surface area contributed by atoms with Crippen LogP contribution in [-0.4, -0.2) is 57.1 Å². The lowest BCUT2D eigenvalue weighted by Crippen LogP contribution is -2.30. The Labute approximate surface area is 177 Å². The van der Waals surface area contributed by atoms with Gasteiger partial charge < -0.3 is 25.2 Å². The maximum absolute atomic E-state index is 14.7. The van der Waals surface area contributed by atoms with Gasteiger partial charge in [0.2, 0.25) is 0 Å². The Morgan fingerprint density at radius 2 is 2.23 bits per heavy atom. The van der Waals surface area contributed by atoms with Crippen LogP contribution in [0.1, 0.15) is 25.3 Å². The molecule has 10 heteroatoms. The lowest BCUT2D eigenvalue weighted by molar-refractivity contribution is 0.188. The molecule has 1 aliphatic heterocycles. The molecule has 1 aromatic carbocycles. The molecule has 2 unspecified atom stereocenters. The van der Waals surface area contributed by atoms with Crippen molar-refractivity contribution in [3.05, 3.63) is 35.8 Å². The molecule has 1 fully saturated rings. The van der Waals surface area contributed by atoms with Gasteiger partial charge >= 0.3 is 0 Å². The van der Waals surface area contributed by atoms with Gasteiger partial charge in [0.05, 0.1) is 24.5 Å². The Hall–Kier alpha value is -2.72. The second kappa shape index (κ2) is 9.40. The lowest BCUT2D eigenvalue weighted by atomic mass is 10.0. The molecule has 1 saturated heterocycles. The minimum Gasteiger partial charge on any atom is -0.492 e. The first kappa shape index (κ1) is 22.0. The van der Waals surface area contributed by atoms with Gasteiger partial charge in [-0.2, -0.15) is 0 Å². The summed E-state index contributed by atoms with van der Waals surface area (Å²) < 4.78 is 34.7. The maximum Gasteiger partial charge on any atom is 0.178 e. The van der Waals surface area contributed by atoms with Crippen LogP contribution in [0.2, 0.25) is 0 Å². The number of amidine groups is 1. The number of aliphatic hydroxyl groups is 1.